The molecular weight excluding hydrogens is 454 g/mol. The number of hydrogen-bond acceptors (Lipinski definition) is 5. The van der Waals surface area contributed by atoms with Crippen LogP contribution in [0.5, 0.6) is 0 Å². The maximum absolute atomic E-state index is 12.8. The van der Waals surface area contributed by atoms with Crippen molar-refractivity contribution in [2.45, 2.75) is 23.8 Å². The normalized spacial score (nSPS) is 12.6. The van der Waals surface area contributed by atoms with Crippen LogP contribution in [0.4, 0.5) is 0 Å². The Labute approximate surface area is 191 Å². The number of carbonyl (C=O) groups is 1. The average Bonchev–Trinajstić information content (AvgIpc) is 2.77. The molecule has 3 rings (SSSR count). The molecule has 0 spiro atoms. The molecule has 3 aromatic rings. The lowest BCUT2D eigenvalue weighted by Gasteiger charge is -2.18. The van der Waals surface area contributed by atoms with Crippen molar-refractivity contribution in [1.29, 1.82) is 0 Å². The third-order valence-corrected chi connectivity index (χ3v) is 7.14. The van der Waals surface area contributed by atoms with Gasteiger partial charge in [-0.05, 0) is 60.7 Å². The first-order chi connectivity index (χ1) is 14.9. The van der Waals surface area contributed by atoms with Crippen molar-refractivity contribution in [2.75, 3.05) is 18.6 Å². The van der Waals surface area contributed by atoms with Crippen LogP contribution in [0, 0.1) is 0 Å². The number of sulfonamides is 1. The Hall–Kier alpha value is -2.13. The molecule has 0 aliphatic carbocycles. The number of fused-ring (bicyclic) bond motifs is 1. The third kappa shape index (κ3) is 6.43. The summed E-state index contributed by atoms with van der Waals surface area (Å²) in [5.74, 6) is 0.300. The number of halogens is 1. The molecule has 0 bridgehead atoms. The van der Waals surface area contributed by atoms with E-state index in [9.17, 15) is 13.2 Å². The van der Waals surface area contributed by atoms with Gasteiger partial charge in [-0.1, -0.05) is 35.9 Å². The molecule has 0 aliphatic rings. The molecule has 0 aliphatic heterocycles. The number of pyridine rings is 1. The van der Waals surface area contributed by atoms with Crippen LogP contribution in [0.2, 0.25) is 5.02 Å². The molecule has 0 fully saturated rings. The smallest absolute Gasteiger partial charge is 0.241 e. The molecule has 1 heterocycles. The second kappa shape index (κ2) is 10.9. The summed E-state index contributed by atoms with van der Waals surface area (Å²) in [6, 6.07) is 14.8. The molecule has 164 valence electrons. The molecule has 1 amide bonds. The summed E-state index contributed by atoms with van der Waals surface area (Å²) in [5, 5.41) is 4.35. The fourth-order valence-corrected chi connectivity index (χ4v) is 4.99. The minimum atomic E-state index is -3.85. The van der Waals surface area contributed by atoms with Gasteiger partial charge in [0.15, 0.2) is 0 Å². The number of rotatable bonds is 10. The molecule has 0 unspecified atom stereocenters. The third-order valence-electron chi connectivity index (χ3n) is 4.76. The maximum Gasteiger partial charge on any atom is 0.241 e. The zero-order valence-corrected chi connectivity index (χ0v) is 19.4. The number of thioether (sulfide) groups is 1. The number of nitrogens with zero attached hydrogens (tertiary/aromatic N) is 1. The Morgan fingerprint density at radius 2 is 1.87 bits per heavy atom. The second-order valence-electron chi connectivity index (χ2n) is 6.94. The monoisotopic (exact) mass is 477 g/mol. The van der Waals surface area contributed by atoms with Crippen molar-refractivity contribution in [3.05, 3.63) is 71.4 Å². The van der Waals surface area contributed by atoms with Gasteiger partial charge in [0.05, 0.1) is 10.4 Å². The number of hydrogen-bond donors (Lipinski definition) is 2. The lowest BCUT2D eigenvalue weighted by molar-refractivity contribution is -0.122. The summed E-state index contributed by atoms with van der Waals surface area (Å²) in [5.41, 5.74) is 1.93. The molecule has 0 saturated heterocycles. The highest BCUT2D eigenvalue weighted by molar-refractivity contribution is 7.98. The van der Waals surface area contributed by atoms with Crippen LogP contribution in [0.15, 0.2) is 65.7 Å². The van der Waals surface area contributed by atoms with Gasteiger partial charge >= 0.3 is 0 Å². The van der Waals surface area contributed by atoms with E-state index in [0.29, 0.717) is 30.2 Å². The van der Waals surface area contributed by atoms with Gasteiger partial charge in [-0.2, -0.15) is 16.5 Å². The summed E-state index contributed by atoms with van der Waals surface area (Å²) < 4.78 is 28.0. The van der Waals surface area contributed by atoms with E-state index in [1.807, 2.05) is 36.6 Å². The summed E-state index contributed by atoms with van der Waals surface area (Å²) in [4.78, 5) is 17.3. The molecule has 31 heavy (non-hydrogen) atoms. The Morgan fingerprint density at radius 1 is 1.13 bits per heavy atom. The van der Waals surface area contributed by atoms with E-state index < -0.39 is 16.1 Å². The van der Waals surface area contributed by atoms with Crippen molar-refractivity contribution in [3.8, 4) is 0 Å². The predicted octanol–water partition coefficient (Wildman–Crippen LogP) is 3.65. The predicted molar refractivity (Wildman–Crippen MR) is 127 cm³/mol. The fourth-order valence-electron chi connectivity index (χ4n) is 3.16. The van der Waals surface area contributed by atoms with Gasteiger partial charge in [0.1, 0.15) is 6.04 Å². The van der Waals surface area contributed by atoms with E-state index in [-0.39, 0.29) is 10.8 Å². The number of para-hydroxylation sites is 1. The van der Waals surface area contributed by atoms with Crippen molar-refractivity contribution in [3.63, 3.8) is 0 Å². The Kier molecular flexibility index (Phi) is 8.31. The highest BCUT2D eigenvalue weighted by atomic mass is 35.5. The van der Waals surface area contributed by atoms with Crippen molar-refractivity contribution >= 4 is 50.2 Å². The largest absolute Gasteiger partial charge is 0.354 e. The molecule has 0 saturated carbocycles. The van der Waals surface area contributed by atoms with E-state index in [1.54, 1.807) is 18.0 Å². The number of aromatic nitrogens is 1. The lowest BCUT2D eigenvalue weighted by Crippen LogP contribution is -2.47. The molecule has 6 nitrogen and oxygen atoms in total. The molecule has 1 atom stereocenters. The number of amides is 1. The van der Waals surface area contributed by atoms with Crippen LogP contribution in [0.25, 0.3) is 10.9 Å². The number of nitrogens with one attached hydrogen (secondary N) is 2. The van der Waals surface area contributed by atoms with Gasteiger partial charge < -0.3 is 5.32 Å². The highest BCUT2D eigenvalue weighted by Crippen LogP contribution is 2.17. The molecular formula is C22H24ClN3O3S2. The number of carbonyl (C=O) groups excluding carboxylic acids is 1. The Morgan fingerprint density at radius 3 is 2.61 bits per heavy atom. The Balaban J connectivity index is 1.66. The molecule has 2 aromatic carbocycles. The van der Waals surface area contributed by atoms with E-state index in [2.05, 4.69) is 15.0 Å². The molecule has 1 aromatic heterocycles. The zero-order chi connectivity index (χ0) is 22.3. The van der Waals surface area contributed by atoms with E-state index in [4.69, 9.17) is 11.6 Å². The summed E-state index contributed by atoms with van der Waals surface area (Å²) in [7, 11) is -3.85. The van der Waals surface area contributed by atoms with Crippen LogP contribution in [0.3, 0.4) is 0 Å². The Bertz CT molecular complexity index is 1130. The maximum atomic E-state index is 12.8. The first kappa shape index (κ1) is 23.5. The van der Waals surface area contributed by atoms with Crippen molar-refractivity contribution < 1.29 is 13.2 Å². The van der Waals surface area contributed by atoms with Crippen molar-refractivity contribution in [1.82, 2.24) is 15.0 Å². The SMILES string of the molecule is CSCC[C@H](NS(=O)(=O)c1ccc(Cl)cc1)C(=O)NCCc1cccc2cccnc12. The van der Waals surface area contributed by atoms with Crippen LogP contribution >= 0.6 is 23.4 Å². The summed E-state index contributed by atoms with van der Waals surface area (Å²) in [6.07, 6.45) is 4.64. The van der Waals surface area contributed by atoms with Crippen LogP contribution in [-0.4, -0.2) is 43.9 Å². The second-order valence-corrected chi connectivity index (χ2v) is 10.1. The van der Waals surface area contributed by atoms with Gasteiger partial charge in [-0.25, -0.2) is 8.42 Å². The average molecular weight is 478 g/mol. The van der Waals surface area contributed by atoms with E-state index in [0.717, 1.165) is 16.5 Å². The van der Waals surface area contributed by atoms with Gasteiger partial charge in [0.25, 0.3) is 0 Å². The van der Waals surface area contributed by atoms with Gasteiger partial charge in [0.2, 0.25) is 15.9 Å². The first-order valence-electron chi connectivity index (χ1n) is 9.78. The quantitative estimate of drug-likeness (QED) is 0.465. The fraction of sp³-hybridized carbons (Fsp3) is 0.273. The lowest BCUT2D eigenvalue weighted by atomic mass is 10.1. The molecule has 9 heteroatoms. The minimum absolute atomic E-state index is 0.0701. The number of benzene rings is 2. The molecule has 2 N–H and O–H groups in total. The van der Waals surface area contributed by atoms with Crippen LogP contribution < -0.4 is 10.0 Å². The first-order valence-corrected chi connectivity index (χ1v) is 13.0. The van der Waals surface area contributed by atoms with Crippen LogP contribution in [0.1, 0.15) is 12.0 Å². The van der Waals surface area contributed by atoms with E-state index in [1.165, 1.54) is 24.3 Å². The standard InChI is InChI=1S/C22H24ClN3O3S2/c1-30-15-12-20(26-31(28,29)19-9-7-18(23)8-10-19)22(27)25-14-11-17-5-2-4-16-6-3-13-24-21(16)17/h2-10,13,20,26H,11-12,14-15H2,1H3,(H,25,27)/t20-/m0/s1. The minimum Gasteiger partial charge on any atom is -0.354 e. The van der Waals surface area contributed by atoms with Crippen molar-refractivity contribution in [2.24, 2.45) is 0 Å². The molecule has 0 radical (unpaired) electrons. The van der Waals surface area contributed by atoms with Crippen LogP contribution in [-0.2, 0) is 21.2 Å². The van der Waals surface area contributed by atoms with Gasteiger partial charge in [-0.15, -0.1) is 0 Å². The van der Waals surface area contributed by atoms with Gasteiger partial charge in [-0.3, -0.25) is 9.78 Å². The summed E-state index contributed by atoms with van der Waals surface area (Å²) in [6.45, 7) is 0.382. The zero-order valence-electron chi connectivity index (χ0n) is 17.0. The van der Waals surface area contributed by atoms with E-state index >= 15 is 0 Å². The van der Waals surface area contributed by atoms with Gasteiger partial charge in [0, 0.05) is 23.2 Å². The highest BCUT2D eigenvalue weighted by Gasteiger charge is 2.25. The topological polar surface area (TPSA) is 88.2 Å². The summed E-state index contributed by atoms with van der Waals surface area (Å²) >= 11 is 7.40.